The van der Waals surface area contributed by atoms with Gasteiger partial charge in [-0.05, 0) is 48.2 Å². The molecule has 8 heteroatoms. The van der Waals surface area contributed by atoms with Crippen LogP contribution in [0.2, 0.25) is 0 Å². The van der Waals surface area contributed by atoms with Crippen molar-refractivity contribution in [2.45, 2.75) is 24.9 Å². The molecule has 0 spiro atoms. The molecule has 0 amide bonds. The summed E-state index contributed by atoms with van der Waals surface area (Å²) in [6, 6.07) is 8.62. The first-order valence-corrected chi connectivity index (χ1v) is 10.1. The van der Waals surface area contributed by atoms with Gasteiger partial charge >= 0.3 is 5.97 Å². The van der Waals surface area contributed by atoms with E-state index >= 15 is 0 Å². The van der Waals surface area contributed by atoms with Crippen molar-refractivity contribution in [2.75, 3.05) is 27.6 Å². The van der Waals surface area contributed by atoms with Gasteiger partial charge in [0.2, 0.25) is 6.79 Å². The number of halogens is 1. The van der Waals surface area contributed by atoms with E-state index in [9.17, 15) is 9.90 Å². The van der Waals surface area contributed by atoms with Gasteiger partial charge < -0.3 is 24.1 Å². The molecule has 154 valence electrons. The fourth-order valence-electron chi connectivity index (χ4n) is 4.08. The molecule has 2 unspecified atom stereocenters. The third-order valence-corrected chi connectivity index (χ3v) is 6.11. The number of aliphatic carboxylic acids is 1. The lowest BCUT2D eigenvalue weighted by Crippen LogP contribution is -2.39. The Balaban J connectivity index is 1.86. The predicted molar refractivity (Wildman–Crippen MR) is 109 cm³/mol. The maximum atomic E-state index is 11.9. The normalized spacial score (nSPS) is 19.2. The smallest absolute Gasteiger partial charge is 0.320 e. The average molecular weight is 464 g/mol. The quantitative estimate of drug-likeness (QED) is 0.697. The Hall–Kier alpha value is -2.45. The van der Waals surface area contributed by atoms with Crippen LogP contribution in [-0.2, 0) is 4.79 Å². The van der Waals surface area contributed by atoms with Crippen LogP contribution in [0.15, 0.2) is 34.8 Å². The van der Waals surface area contributed by atoms with Gasteiger partial charge in [-0.25, -0.2) is 0 Å². The maximum absolute atomic E-state index is 11.9. The van der Waals surface area contributed by atoms with E-state index in [2.05, 4.69) is 15.9 Å². The first-order valence-electron chi connectivity index (χ1n) is 9.33. The molecule has 0 aliphatic carbocycles. The van der Waals surface area contributed by atoms with E-state index in [1.54, 1.807) is 14.2 Å². The molecule has 2 aromatic rings. The van der Waals surface area contributed by atoms with Gasteiger partial charge in [0, 0.05) is 11.0 Å². The zero-order valence-corrected chi connectivity index (χ0v) is 17.8. The van der Waals surface area contributed by atoms with Gasteiger partial charge in [-0.15, -0.1) is 0 Å². The van der Waals surface area contributed by atoms with Gasteiger partial charge in [-0.1, -0.05) is 22.0 Å². The number of benzene rings is 2. The topological polar surface area (TPSA) is 77.5 Å². The van der Waals surface area contributed by atoms with E-state index in [0.717, 1.165) is 22.0 Å². The number of methoxy groups -OCH3 is 2. The lowest BCUT2D eigenvalue weighted by molar-refractivity contribution is -0.142. The summed E-state index contributed by atoms with van der Waals surface area (Å²) >= 11 is 3.65. The van der Waals surface area contributed by atoms with Crippen molar-refractivity contribution in [2.24, 2.45) is 0 Å². The van der Waals surface area contributed by atoms with Crippen molar-refractivity contribution in [3.05, 3.63) is 45.9 Å². The minimum absolute atomic E-state index is 0.185. The van der Waals surface area contributed by atoms with Crippen LogP contribution in [0, 0.1) is 0 Å². The average Bonchev–Trinajstić information content (AvgIpc) is 3.38. The SMILES string of the molecule is COc1cc(Br)c(C(c2ccc3c(c2)OCO3)N2CCCC2C(=O)O)cc1OC. The summed E-state index contributed by atoms with van der Waals surface area (Å²) in [5.74, 6) is 1.72. The molecule has 0 radical (unpaired) electrons. The van der Waals surface area contributed by atoms with E-state index in [-0.39, 0.29) is 12.8 Å². The number of likely N-dealkylation sites (tertiary alicyclic amines) is 1. The predicted octanol–water partition coefficient (Wildman–Crippen LogP) is 3.83. The lowest BCUT2D eigenvalue weighted by Gasteiger charge is -2.33. The molecule has 0 bridgehead atoms. The van der Waals surface area contributed by atoms with Crippen molar-refractivity contribution in [1.29, 1.82) is 0 Å². The number of carbonyl (C=O) groups is 1. The van der Waals surface area contributed by atoms with Gasteiger partial charge in [0.15, 0.2) is 23.0 Å². The molecule has 2 heterocycles. The Morgan fingerprint density at radius 1 is 1.17 bits per heavy atom. The Morgan fingerprint density at radius 2 is 1.90 bits per heavy atom. The monoisotopic (exact) mass is 463 g/mol. The van der Waals surface area contributed by atoms with Crippen LogP contribution in [0.25, 0.3) is 0 Å². The zero-order valence-electron chi connectivity index (χ0n) is 16.2. The summed E-state index contributed by atoms with van der Waals surface area (Å²) in [6.45, 7) is 0.863. The van der Waals surface area contributed by atoms with Crippen LogP contribution in [0.4, 0.5) is 0 Å². The summed E-state index contributed by atoms with van der Waals surface area (Å²) in [5, 5.41) is 9.79. The molecule has 1 N–H and O–H groups in total. The molecule has 29 heavy (non-hydrogen) atoms. The lowest BCUT2D eigenvalue weighted by atomic mass is 9.95. The highest BCUT2D eigenvalue weighted by Gasteiger charge is 2.38. The molecule has 0 aromatic heterocycles. The van der Waals surface area contributed by atoms with Gasteiger partial charge in [0.25, 0.3) is 0 Å². The summed E-state index contributed by atoms with van der Waals surface area (Å²) in [4.78, 5) is 14.0. The van der Waals surface area contributed by atoms with E-state index in [4.69, 9.17) is 18.9 Å². The van der Waals surface area contributed by atoms with E-state index < -0.39 is 12.0 Å². The zero-order chi connectivity index (χ0) is 20.5. The van der Waals surface area contributed by atoms with Crippen LogP contribution in [-0.4, -0.2) is 49.6 Å². The summed E-state index contributed by atoms with van der Waals surface area (Å²) in [5.41, 5.74) is 1.82. The molecule has 2 aromatic carbocycles. The largest absolute Gasteiger partial charge is 0.493 e. The van der Waals surface area contributed by atoms with Crippen LogP contribution in [0.1, 0.15) is 30.0 Å². The van der Waals surface area contributed by atoms with Crippen LogP contribution >= 0.6 is 15.9 Å². The van der Waals surface area contributed by atoms with Gasteiger partial charge in [0.05, 0.1) is 20.3 Å². The highest BCUT2D eigenvalue weighted by Crippen LogP contribution is 2.44. The first-order chi connectivity index (χ1) is 14.0. The number of hydrogen-bond donors (Lipinski definition) is 1. The minimum atomic E-state index is -0.815. The molecular weight excluding hydrogens is 442 g/mol. The number of carboxylic acids is 1. The molecule has 2 atom stereocenters. The van der Waals surface area contributed by atoms with Gasteiger partial charge in [-0.2, -0.15) is 0 Å². The maximum Gasteiger partial charge on any atom is 0.320 e. The Morgan fingerprint density at radius 3 is 2.62 bits per heavy atom. The van der Waals surface area contributed by atoms with Gasteiger partial charge in [0.1, 0.15) is 6.04 Å². The molecule has 2 aliphatic heterocycles. The van der Waals surface area contributed by atoms with Crippen molar-refractivity contribution >= 4 is 21.9 Å². The summed E-state index contributed by atoms with van der Waals surface area (Å²) < 4.78 is 22.7. The molecule has 1 saturated heterocycles. The highest BCUT2D eigenvalue weighted by atomic mass is 79.9. The second-order valence-electron chi connectivity index (χ2n) is 6.98. The number of rotatable bonds is 6. The van der Waals surface area contributed by atoms with E-state index in [0.29, 0.717) is 36.0 Å². The van der Waals surface area contributed by atoms with Crippen LogP contribution < -0.4 is 18.9 Å². The van der Waals surface area contributed by atoms with Crippen LogP contribution in [0.5, 0.6) is 23.0 Å². The van der Waals surface area contributed by atoms with Crippen molar-refractivity contribution < 1.29 is 28.8 Å². The molecule has 2 aliphatic rings. The third-order valence-electron chi connectivity index (χ3n) is 5.42. The fourth-order valence-corrected chi connectivity index (χ4v) is 4.61. The number of fused-ring (bicyclic) bond motifs is 1. The Bertz CT molecular complexity index is 934. The second-order valence-corrected chi connectivity index (χ2v) is 7.83. The van der Waals surface area contributed by atoms with Crippen molar-refractivity contribution in [3.63, 3.8) is 0 Å². The van der Waals surface area contributed by atoms with Crippen LogP contribution in [0.3, 0.4) is 0 Å². The number of carboxylic acid groups (broad SMARTS) is 1. The number of ether oxygens (including phenoxy) is 4. The molecular formula is C21H22BrNO6. The fraction of sp³-hybridized carbons (Fsp3) is 0.381. The Kier molecular flexibility index (Phi) is 5.56. The molecule has 4 rings (SSSR count). The van der Waals surface area contributed by atoms with Gasteiger partial charge in [-0.3, -0.25) is 9.69 Å². The Labute approximate surface area is 177 Å². The van der Waals surface area contributed by atoms with E-state index in [1.807, 2.05) is 35.2 Å². The highest BCUT2D eigenvalue weighted by molar-refractivity contribution is 9.10. The number of hydrogen-bond acceptors (Lipinski definition) is 6. The minimum Gasteiger partial charge on any atom is -0.493 e. The molecule has 0 saturated carbocycles. The standard InChI is InChI=1S/C21H22BrNO6/c1-26-17-9-13(14(22)10-18(17)27-2)20(23-7-3-4-15(23)21(24)25)12-5-6-16-19(8-12)29-11-28-16/h5-6,8-10,15,20H,3-4,7,11H2,1-2H3,(H,24,25). The molecule has 7 nitrogen and oxygen atoms in total. The second kappa shape index (κ2) is 8.12. The van der Waals surface area contributed by atoms with E-state index in [1.165, 1.54) is 0 Å². The van der Waals surface area contributed by atoms with Crippen molar-refractivity contribution in [3.8, 4) is 23.0 Å². The summed E-state index contributed by atoms with van der Waals surface area (Å²) in [6.07, 6.45) is 1.43. The first kappa shape index (κ1) is 19.8. The number of nitrogens with zero attached hydrogens (tertiary/aromatic N) is 1. The molecule has 1 fully saturated rings. The third kappa shape index (κ3) is 3.62. The van der Waals surface area contributed by atoms with Crippen molar-refractivity contribution in [1.82, 2.24) is 4.90 Å². The summed E-state index contributed by atoms with van der Waals surface area (Å²) in [7, 11) is 3.17.